The lowest BCUT2D eigenvalue weighted by molar-refractivity contribution is -0.0565. The average Bonchev–Trinajstić information content (AvgIpc) is 2.58. The quantitative estimate of drug-likeness (QED) is 0.514. The second-order valence-electron chi connectivity index (χ2n) is 6.30. The summed E-state index contributed by atoms with van der Waals surface area (Å²) in [5.74, 6) is 0.794. The average molecular weight is 353 g/mol. The van der Waals surface area contributed by atoms with Crippen molar-refractivity contribution >= 4 is 5.96 Å². The number of aliphatic hydroxyl groups is 1. The van der Waals surface area contributed by atoms with E-state index in [9.17, 15) is 9.50 Å². The van der Waals surface area contributed by atoms with E-state index in [4.69, 9.17) is 9.47 Å². The molecule has 3 N–H and O–H groups in total. The van der Waals surface area contributed by atoms with Gasteiger partial charge in [0.25, 0.3) is 0 Å². The topological polar surface area (TPSA) is 75.1 Å². The van der Waals surface area contributed by atoms with E-state index in [0.29, 0.717) is 57.4 Å². The van der Waals surface area contributed by atoms with Gasteiger partial charge in [0, 0.05) is 38.7 Å². The maximum Gasteiger partial charge on any atom is 0.191 e. The Morgan fingerprint density at radius 1 is 1.40 bits per heavy atom. The Bertz CT molecular complexity index is 562. The van der Waals surface area contributed by atoms with Gasteiger partial charge in [0.15, 0.2) is 5.96 Å². The zero-order chi connectivity index (χ0) is 18.1. The van der Waals surface area contributed by atoms with Crippen molar-refractivity contribution in [3.63, 3.8) is 0 Å². The Morgan fingerprint density at radius 3 is 2.84 bits per heavy atom. The maximum atomic E-state index is 13.2. The molecule has 1 aliphatic rings. The Morgan fingerprint density at radius 2 is 2.16 bits per heavy atom. The minimum Gasteiger partial charge on any atom is -0.489 e. The van der Waals surface area contributed by atoms with Crippen LogP contribution in [0.4, 0.5) is 4.39 Å². The van der Waals surface area contributed by atoms with Crippen LogP contribution >= 0.6 is 0 Å². The lowest BCUT2D eigenvalue weighted by Gasteiger charge is -2.30. The molecule has 2 rings (SSSR count). The fourth-order valence-corrected chi connectivity index (χ4v) is 2.53. The molecule has 0 aliphatic carbocycles. The molecule has 1 aromatic carbocycles. The number of benzene rings is 1. The summed E-state index contributed by atoms with van der Waals surface area (Å²) < 4.78 is 24.2. The van der Waals surface area contributed by atoms with Crippen LogP contribution in [0.5, 0.6) is 5.75 Å². The second-order valence-corrected chi connectivity index (χ2v) is 6.30. The second kappa shape index (κ2) is 9.58. The Labute approximate surface area is 148 Å². The summed E-state index contributed by atoms with van der Waals surface area (Å²) >= 11 is 0. The van der Waals surface area contributed by atoms with Crippen molar-refractivity contribution < 1.29 is 19.0 Å². The van der Waals surface area contributed by atoms with E-state index in [1.807, 2.05) is 13.8 Å². The van der Waals surface area contributed by atoms with Crippen LogP contribution in [-0.2, 0) is 4.74 Å². The van der Waals surface area contributed by atoms with Crippen LogP contribution in [0.2, 0.25) is 0 Å². The number of nitrogens with one attached hydrogen (secondary N) is 2. The number of hydrogen-bond acceptors (Lipinski definition) is 4. The Balaban J connectivity index is 1.84. The normalized spacial score (nSPS) is 18.5. The molecule has 1 aromatic rings. The molecule has 6 nitrogen and oxygen atoms in total. The molecule has 0 amide bonds. The number of hydrogen-bond donors (Lipinski definition) is 3. The molecular formula is C18H28FN3O3. The molecule has 7 heteroatoms. The summed E-state index contributed by atoms with van der Waals surface area (Å²) in [6.07, 6.45) is 1.01. The largest absolute Gasteiger partial charge is 0.489 e. The van der Waals surface area contributed by atoms with Gasteiger partial charge in [0.05, 0.1) is 18.7 Å². The van der Waals surface area contributed by atoms with Gasteiger partial charge in [-0.15, -0.1) is 0 Å². The summed E-state index contributed by atoms with van der Waals surface area (Å²) in [6, 6.07) is 6.08. The third-order valence-corrected chi connectivity index (χ3v) is 3.99. The first-order valence-corrected chi connectivity index (χ1v) is 8.75. The fourth-order valence-electron chi connectivity index (χ4n) is 2.53. The molecule has 1 aliphatic heterocycles. The lowest BCUT2D eigenvalue weighted by Crippen LogP contribution is -2.44. The first-order valence-electron chi connectivity index (χ1n) is 8.75. The zero-order valence-electron chi connectivity index (χ0n) is 14.9. The summed E-state index contributed by atoms with van der Waals surface area (Å²) in [5.41, 5.74) is -0.801. The number of nitrogens with zero attached hydrogens (tertiary/aromatic N) is 1. The highest BCUT2D eigenvalue weighted by molar-refractivity contribution is 5.79. The highest BCUT2D eigenvalue weighted by Gasteiger charge is 2.29. The minimum absolute atomic E-state index is 0.170. The van der Waals surface area contributed by atoms with Gasteiger partial charge >= 0.3 is 0 Å². The van der Waals surface area contributed by atoms with Crippen LogP contribution in [0.1, 0.15) is 26.7 Å². The molecule has 25 heavy (non-hydrogen) atoms. The molecule has 0 bridgehead atoms. The standard InChI is InChI=1S/C18H28FN3O3/c1-3-20-17(22-13-18(23)7-9-24-10-8-18)21-12-14(2)25-16-6-4-5-15(19)11-16/h4-6,11,14,23H,3,7-10,12-13H2,1-2H3,(H2,20,21,22). The summed E-state index contributed by atoms with van der Waals surface area (Å²) in [5, 5.41) is 16.8. The highest BCUT2D eigenvalue weighted by Crippen LogP contribution is 2.20. The monoisotopic (exact) mass is 353 g/mol. The van der Waals surface area contributed by atoms with Gasteiger partial charge in [-0.05, 0) is 26.0 Å². The van der Waals surface area contributed by atoms with Gasteiger partial charge in [-0.2, -0.15) is 0 Å². The highest BCUT2D eigenvalue weighted by atomic mass is 19.1. The van der Waals surface area contributed by atoms with E-state index in [-0.39, 0.29) is 11.9 Å². The first-order chi connectivity index (χ1) is 12.0. The van der Waals surface area contributed by atoms with Crippen LogP contribution < -0.4 is 15.4 Å². The zero-order valence-corrected chi connectivity index (χ0v) is 14.9. The van der Waals surface area contributed by atoms with E-state index in [1.54, 1.807) is 12.1 Å². The van der Waals surface area contributed by atoms with Gasteiger partial charge < -0.3 is 25.2 Å². The van der Waals surface area contributed by atoms with Crippen molar-refractivity contribution in [3.05, 3.63) is 30.1 Å². The number of halogens is 1. The number of rotatable bonds is 7. The summed E-state index contributed by atoms with van der Waals surface area (Å²) in [6.45, 7) is 6.55. The van der Waals surface area contributed by atoms with Crippen LogP contribution in [-0.4, -0.2) is 55.6 Å². The van der Waals surface area contributed by atoms with Crippen LogP contribution in [0, 0.1) is 5.82 Å². The molecule has 140 valence electrons. The smallest absolute Gasteiger partial charge is 0.191 e. The van der Waals surface area contributed by atoms with Gasteiger partial charge in [-0.1, -0.05) is 6.07 Å². The third kappa shape index (κ3) is 6.88. The van der Waals surface area contributed by atoms with Gasteiger partial charge in [0.2, 0.25) is 0 Å². The third-order valence-electron chi connectivity index (χ3n) is 3.99. The van der Waals surface area contributed by atoms with Crippen LogP contribution in [0.3, 0.4) is 0 Å². The van der Waals surface area contributed by atoms with Crippen molar-refractivity contribution in [2.45, 2.75) is 38.4 Å². The molecule has 0 spiro atoms. The summed E-state index contributed by atoms with van der Waals surface area (Å²) in [4.78, 5) is 4.48. The fraction of sp³-hybridized carbons (Fsp3) is 0.611. The van der Waals surface area contributed by atoms with E-state index >= 15 is 0 Å². The maximum absolute atomic E-state index is 13.2. The predicted molar refractivity (Wildman–Crippen MR) is 95.5 cm³/mol. The van der Waals surface area contributed by atoms with Crippen molar-refractivity contribution in [2.75, 3.05) is 32.8 Å². The van der Waals surface area contributed by atoms with Crippen molar-refractivity contribution in [2.24, 2.45) is 4.99 Å². The molecule has 1 unspecified atom stereocenters. The first kappa shape index (κ1) is 19.5. The SMILES string of the molecule is CCNC(=NCC1(O)CCOCC1)NCC(C)Oc1cccc(F)c1. The lowest BCUT2D eigenvalue weighted by atomic mass is 9.95. The van der Waals surface area contributed by atoms with Crippen LogP contribution in [0.15, 0.2) is 29.3 Å². The van der Waals surface area contributed by atoms with Crippen molar-refractivity contribution in [1.82, 2.24) is 10.6 Å². The molecule has 0 aromatic heterocycles. The molecular weight excluding hydrogens is 325 g/mol. The van der Waals surface area contributed by atoms with E-state index < -0.39 is 5.60 Å². The van der Waals surface area contributed by atoms with E-state index in [1.165, 1.54) is 12.1 Å². The number of aliphatic imine (C=N–C) groups is 1. The Kier molecular flexibility index (Phi) is 7.46. The van der Waals surface area contributed by atoms with Gasteiger partial charge in [-0.25, -0.2) is 4.39 Å². The van der Waals surface area contributed by atoms with Gasteiger partial charge in [0.1, 0.15) is 17.7 Å². The number of ether oxygens (including phenoxy) is 2. The Hall–Kier alpha value is -1.86. The van der Waals surface area contributed by atoms with E-state index in [0.717, 1.165) is 0 Å². The predicted octanol–water partition coefficient (Wildman–Crippen LogP) is 1.69. The molecule has 1 heterocycles. The summed E-state index contributed by atoms with van der Waals surface area (Å²) in [7, 11) is 0. The molecule has 1 saturated heterocycles. The van der Waals surface area contributed by atoms with Gasteiger partial charge in [-0.3, -0.25) is 4.99 Å². The molecule has 0 radical (unpaired) electrons. The number of guanidine groups is 1. The van der Waals surface area contributed by atoms with Crippen molar-refractivity contribution in [1.29, 1.82) is 0 Å². The molecule has 0 saturated carbocycles. The molecule has 1 fully saturated rings. The van der Waals surface area contributed by atoms with Crippen molar-refractivity contribution in [3.8, 4) is 5.75 Å². The minimum atomic E-state index is -0.801. The van der Waals surface area contributed by atoms with Crippen LogP contribution in [0.25, 0.3) is 0 Å². The van der Waals surface area contributed by atoms with E-state index in [2.05, 4.69) is 15.6 Å². The molecule has 1 atom stereocenters.